The van der Waals surface area contributed by atoms with Crippen LogP contribution in [0.15, 0.2) is 24.3 Å². The molecule has 0 spiro atoms. The smallest absolute Gasteiger partial charge is 0.123 e. The SMILES string of the molecule is CCN(c1ccc(F)cc1)C(CN)(COC)C1CC1. The maximum absolute atomic E-state index is 13.1. The van der Waals surface area contributed by atoms with Gasteiger partial charge in [-0.15, -0.1) is 0 Å². The third kappa shape index (κ3) is 2.74. The first-order chi connectivity index (χ1) is 9.17. The molecule has 0 amide bonds. The second-order valence-corrected chi connectivity index (χ2v) is 5.24. The van der Waals surface area contributed by atoms with E-state index in [4.69, 9.17) is 10.5 Å². The Balaban J connectivity index is 2.33. The van der Waals surface area contributed by atoms with Crippen LogP contribution in [0.2, 0.25) is 0 Å². The maximum atomic E-state index is 13.1. The molecule has 1 aromatic rings. The number of hydrogen-bond acceptors (Lipinski definition) is 3. The number of halogens is 1. The van der Waals surface area contributed by atoms with Crippen molar-refractivity contribution in [2.75, 3.05) is 31.7 Å². The van der Waals surface area contributed by atoms with Crippen LogP contribution in [0.5, 0.6) is 0 Å². The zero-order valence-corrected chi connectivity index (χ0v) is 11.7. The van der Waals surface area contributed by atoms with E-state index in [1.807, 2.05) is 12.1 Å². The van der Waals surface area contributed by atoms with Crippen LogP contribution in [-0.4, -0.2) is 32.3 Å². The summed E-state index contributed by atoms with van der Waals surface area (Å²) in [5.41, 5.74) is 6.93. The predicted molar refractivity (Wildman–Crippen MR) is 75.8 cm³/mol. The van der Waals surface area contributed by atoms with Crippen LogP contribution >= 0.6 is 0 Å². The van der Waals surface area contributed by atoms with Crippen LogP contribution in [-0.2, 0) is 4.74 Å². The van der Waals surface area contributed by atoms with E-state index in [2.05, 4.69) is 11.8 Å². The lowest BCUT2D eigenvalue weighted by Gasteiger charge is -2.44. The van der Waals surface area contributed by atoms with Crippen molar-refractivity contribution in [2.24, 2.45) is 11.7 Å². The highest BCUT2D eigenvalue weighted by Gasteiger charge is 2.48. The zero-order valence-electron chi connectivity index (χ0n) is 11.7. The minimum Gasteiger partial charge on any atom is -0.382 e. The van der Waals surface area contributed by atoms with Crippen LogP contribution in [0, 0.1) is 11.7 Å². The monoisotopic (exact) mass is 266 g/mol. The van der Waals surface area contributed by atoms with Crippen molar-refractivity contribution in [1.82, 2.24) is 0 Å². The van der Waals surface area contributed by atoms with Crippen LogP contribution < -0.4 is 10.6 Å². The average Bonchev–Trinajstić information content (AvgIpc) is 3.25. The van der Waals surface area contributed by atoms with E-state index in [-0.39, 0.29) is 11.4 Å². The summed E-state index contributed by atoms with van der Waals surface area (Å²) in [5.74, 6) is 0.360. The summed E-state index contributed by atoms with van der Waals surface area (Å²) in [7, 11) is 1.71. The van der Waals surface area contributed by atoms with Crippen molar-refractivity contribution < 1.29 is 9.13 Å². The summed E-state index contributed by atoms with van der Waals surface area (Å²) in [5, 5.41) is 0. The van der Waals surface area contributed by atoms with Gasteiger partial charge in [-0.3, -0.25) is 0 Å². The van der Waals surface area contributed by atoms with Gasteiger partial charge in [0.2, 0.25) is 0 Å². The quantitative estimate of drug-likeness (QED) is 0.823. The number of nitrogens with two attached hydrogens (primary N) is 1. The lowest BCUT2D eigenvalue weighted by Crippen LogP contribution is -2.59. The summed E-state index contributed by atoms with van der Waals surface area (Å²) in [4.78, 5) is 2.27. The topological polar surface area (TPSA) is 38.5 Å². The Hall–Kier alpha value is -1.13. The Labute approximate surface area is 114 Å². The molecule has 0 radical (unpaired) electrons. The van der Waals surface area contributed by atoms with Crippen LogP contribution in [0.25, 0.3) is 0 Å². The van der Waals surface area contributed by atoms with Crippen molar-refractivity contribution in [3.05, 3.63) is 30.1 Å². The van der Waals surface area contributed by atoms with Gasteiger partial charge >= 0.3 is 0 Å². The van der Waals surface area contributed by atoms with E-state index in [0.717, 1.165) is 12.2 Å². The fraction of sp³-hybridized carbons (Fsp3) is 0.600. The summed E-state index contributed by atoms with van der Waals surface area (Å²) < 4.78 is 18.5. The minimum atomic E-state index is -0.212. The van der Waals surface area contributed by atoms with Crippen LogP contribution in [0.3, 0.4) is 0 Å². The molecule has 0 saturated heterocycles. The van der Waals surface area contributed by atoms with E-state index >= 15 is 0 Å². The molecule has 1 fully saturated rings. The number of anilines is 1. The molecule has 1 unspecified atom stereocenters. The Morgan fingerprint density at radius 1 is 1.37 bits per heavy atom. The lowest BCUT2D eigenvalue weighted by atomic mass is 9.91. The van der Waals surface area contributed by atoms with Gasteiger partial charge in [0.25, 0.3) is 0 Å². The number of ether oxygens (including phenoxy) is 1. The summed E-state index contributed by atoms with van der Waals surface area (Å²) in [6.45, 7) is 4.10. The highest BCUT2D eigenvalue weighted by molar-refractivity contribution is 5.50. The van der Waals surface area contributed by atoms with Gasteiger partial charge in [0.15, 0.2) is 0 Å². The first kappa shape index (κ1) is 14.3. The number of rotatable bonds is 7. The van der Waals surface area contributed by atoms with E-state index in [1.165, 1.54) is 25.0 Å². The molecule has 1 aliphatic carbocycles. The Morgan fingerprint density at radius 2 is 2.00 bits per heavy atom. The molecule has 0 aliphatic heterocycles. The third-order valence-corrected chi connectivity index (χ3v) is 4.08. The average molecular weight is 266 g/mol. The van der Waals surface area contributed by atoms with Gasteiger partial charge in [-0.25, -0.2) is 4.39 Å². The predicted octanol–water partition coefficient (Wildman–Crippen LogP) is 2.41. The molecule has 3 nitrogen and oxygen atoms in total. The Kier molecular flexibility index (Phi) is 4.42. The fourth-order valence-corrected chi connectivity index (χ4v) is 3.00. The number of methoxy groups -OCH3 is 1. The highest BCUT2D eigenvalue weighted by Crippen LogP contribution is 2.44. The molecule has 106 valence electrons. The van der Waals surface area contributed by atoms with E-state index < -0.39 is 0 Å². The Morgan fingerprint density at radius 3 is 2.42 bits per heavy atom. The number of hydrogen-bond donors (Lipinski definition) is 1. The third-order valence-electron chi connectivity index (χ3n) is 4.08. The molecule has 4 heteroatoms. The minimum absolute atomic E-state index is 0.165. The molecule has 1 aromatic carbocycles. The number of likely N-dealkylation sites (N-methyl/N-ethyl adjacent to an activating group) is 1. The van der Waals surface area contributed by atoms with Crippen molar-refractivity contribution >= 4 is 5.69 Å². The maximum Gasteiger partial charge on any atom is 0.123 e. The normalized spacial score (nSPS) is 18.1. The fourth-order valence-electron chi connectivity index (χ4n) is 3.00. The van der Waals surface area contributed by atoms with Crippen molar-refractivity contribution in [3.63, 3.8) is 0 Å². The molecule has 1 saturated carbocycles. The highest BCUT2D eigenvalue weighted by atomic mass is 19.1. The van der Waals surface area contributed by atoms with Crippen molar-refractivity contribution in [1.29, 1.82) is 0 Å². The second kappa shape index (κ2) is 5.88. The van der Waals surface area contributed by atoms with E-state index in [9.17, 15) is 4.39 Å². The van der Waals surface area contributed by atoms with Gasteiger partial charge in [0.1, 0.15) is 5.82 Å². The first-order valence-electron chi connectivity index (χ1n) is 6.90. The number of nitrogens with zero attached hydrogens (tertiary/aromatic N) is 1. The van der Waals surface area contributed by atoms with E-state index in [0.29, 0.717) is 19.1 Å². The van der Waals surface area contributed by atoms with Gasteiger partial charge < -0.3 is 15.4 Å². The van der Waals surface area contributed by atoms with Gasteiger partial charge in [-0.2, -0.15) is 0 Å². The molecule has 2 N–H and O–H groups in total. The van der Waals surface area contributed by atoms with Crippen molar-refractivity contribution in [2.45, 2.75) is 25.3 Å². The molecule has 19 heavy (non-hydrogen) atoms. The molecule has 1 aliphatic rings. The van der Waals surface area contributed by atoms with Gasteiger partial charge in [-0.05, 0) is 49.9 Å². The van der Waals surface area contributed by atoms with Gasteiger partial charge in [0, 0.05) is 25.9 Å². The molecular formula is C15H23FN2O. The van der Waals surface area contributed by atoms with Crippen LogP contribution in [0.4, 0.5) is 10.1 Å². The van der Waals surface area contributed by atoms with E-state index in [1.54, 1.807) is 7.11 Å². The summed E-state index contributed by atoms with van der Waals surface area (Å²) in [6, 6.07) is 6.64. The molecule has 0 heterocycles. The zero-order chi connectivity index (χ0) is 13.9. The standard InChI is InChI=1S/C15H23FN2O/c1-3-18(14-8-6-13(16)7-9-14)15(10-17,11-19-2)12-4-5-12/h6-9,12H,3-5,10-11,17H2,1-2H3. The summed E-state index contributed by atoms with van der Waals surface area (Å²) in [6.07, 6.45) is 2.39. The second-order valence-electron chi connectivity index (χ2n) is 5.24. The lowest BCUT2D eigenvalue weighted by molar-refractivity contribution is 0.117. The Bertz CT molecular complexity index is 405. The van der Waals surface area contributed by atoms with Gasteiger partial charge in [0.05, 0.1) is 12.1 Å². The first-order valence-corrected chi connectivity index (χ1v) is 6.90. The molecule has 0 aromatic heterocycles. The molecule has 1 atom stereocenters. The van der Waals surface area contributed by atoms with Crippen molar-refractivity contribution in [3.8, 4) is 0 Å². The van der Waals surface area contributed by atoms with Crippen LogP contribution in [0.1, 0.15) is 19.8 Å². The van der Waals surface area contributed by atoms with Gasteiger partial charge in [-0.1, -0.05) is 0 Å². The largest absolute Gasteiger partial charge is 0.382 e. The molecule has 0 bridgehead atoms. The molecule has 2 rings (SSSR count). The molecular weight excluding hydrogens is 243 g/mol. The summed E-state index contributed by atoms with van der Waals surface area (Å²) >= 11 is 0. The number of benzene rings is 1.